The van der Waals surface area contributed by atoms with Gasteiger partial charge in [0.15, 0.2) is 0 Å². The summed E-state index contributed by atoms with van der Waals surface area (Å²) >= 11 is 2.31. The van der Waals surface area contributed by atoms with Gasteiger partial charge in [0.25, 0.3) is 5.91 Å². The lowest BCUT2D eigenvalue weighted by Gasteiger charge is -2.41. The van der Waals surface area contributed by atoms with Crippen molar-refractivity contribution in [1.82, 2.24) is 9.80 Å². The van der Waals surface area contributed by atoms with Crippen molar-refractivity contribution in [3.63, 3.8) is 0 Å². The first-order valence-corrected chi connectivity index (χ1v) is 10.3. The molecule has 156 valence electrons. The van der Waals surface area contributed by atoms with Crippen LogP contribution >= 0.6 is 15.9 Å². The molecule has 3 amide bonds. The fraction of sp³-hybridized carbons (Fsp3) is 0.318. The van der Waals surface area contributed by atoms with Crippen LogP contribution in [0, 0.1) is 11.3 Å². The Labute approximate surface area is 180 Å². The zero-order valence-corrected chi connectivity index (χ0v) is 17.9. The van der Waals surface area contributed by atoms with Crippen molar-refractivity contribution in [3.8, 4) is 0 Å². The van der Waals surface area contributed by atoms with Crippen molar-refractivity contribution in [1.29, 1.82) is 0 Å². The van der Waals surface area contributed by atoms with Crippen molar-refractivity contribution < 1.29 is 23.2 Å². The Morgan fingerprint density at radius 3 is 1.80 bits per heavy atom. The topological polar surface area (TPSA) is 57.7 Å². The van der Waals surface area contributed by atoms with E-state index in [0.29, 0.717) is 11.1 Å². The fourth-order valence-electron chi connectivity index (χ4n) is 5.08. The summed E-state index contributed by atoms with van der Waals surface area (Å²) in [5, 5.41) is 0. The second kappa shape index (κ2) is 6.70. The van der Waals surface area contributed by atoms with Crippen molar-refractivity contribution in [2.45, 2.75) is 17.3 Å². The van der Waals surface area contributed by atoms with Crippen molar-refractivity contribution in [2.75, 3.05) is 13.6 Å². The predicted octanol–water partition coefficient (Wildman–Crippen LogP) is 3.38. The van der Waals surface area contributed by atoms with Crippen LogP contribution < -0.4 is 0 Å². The molecule has 0 aliphatic carbocycles. The first kappa shape index (κ1) is 20.7. The number of fused-ring (bicyclic) bond motifs is 1. The number of amides is 3. The van der Waals surface area contributed by atoms with Crippen LogP contribution in [0.5, 0.6) is 0 Å². The number of imide groups is 1. The molecule has 0 N–H and O–H groups in total. The van der Waals surface area contributed by atoms with Crippen LogP contribution in [-0.4, -0.2) is 45.9 Å². The molecule has 0 saturated carbocycles. The van der Waals surface area contributed by atoms with Gasteiger partial charge in [-0.3, -0.25) is 19.3 Å². The van der Waals surface area contributed by atoms with Gasteiger partial charge in [0.1, 0.15) is 11.5 Å². The second-order valence-corrected chi connectivity index (χ2v) is 8.48. The minimum absolute atomic E-state index is 0.102. The summed E-state index contributed by atoms with van der Waals surface area (Å²) in [6.07, 6.45) is 0. The van der Waals surface area contributed by atoms with E-state index in [2.05, 4.69) is 15.9 Å². The highest BCUT2D eigenvalue weighted by atomic mass is 79.9. The molecule has 2 aromatic rings. The minimum Gasteiger partial charge on any atom is -0.330 e. The number of nitrogens with zero attached hydrogens (tertiary/aromatic N) is 2. The van der Waals surface area contributed by atoms with Gasteiger partial charge in [0, 0.05) is 13.6 Å². The molecule has 30 heavy (non-hydrogen) atoms. The molecule has 0 unspecified atom stereocenters. The summed E-state index contributed by atoms with van der Waals surface area (Å²) in [4.78, 5) is 38.3. The number of likely N-dealkylation sites (tertiary alicyclic amines) is 2. The van der Waals surface area contributed by atoms with E-state index >= 15 is 8.78 Å². The number of benzene rings is 2. The van der Waals surface area contributed by atoms with Crippen LogP contribution in [0.4, 0.5) is 8.78 Å². The lowest BCUT2D eigenvalue weighted by molar-refractivity contribution is -0.160. The third-order valence-corrected chi connectivity index (χ3v) is 6.93. The summed E-state index contributed by atoms with van der Waals surface area (Å²) in [6.45, 7) is 1.42. The third-order valence-electron chi connectivity index (χ3n) is 6.31. The van der Waals surface area contributed by atoms with Gasteiger partial charge >= 0.3 is 4.83 Å². The van der Waals surface area contributed by atoms with Crippen LogP contribution in [0.15, 0.2) is 60.7 Å². The van der Waals surface area contributed by atoms with Gasteiger partial charge < -0.3 is 4.90 Å². The van der Waals surface area contributed by atoms with E-state index < -0.39 is 39.4 Å². The molecule has 2 aliphatic heterocycles. The average Bonchev–Trinajstić information content (AvgIpc) is 3.10. The maximum Gasteiger partial charge on any atom is 0.325 e. The quantitative estimate of drug-likeness (QED) is 0.386. The standard InChI is InChI=1S/C22H19BrF2N2O3/c1-3-27-17(28)16-20(19(27)30,22(23,24)25)18(29)26(2)21(16,14-10-6-4-7-11-14)15-12-8-5-9-13-15/h4-13,16H,3H2,1-2H3/t16-,20+/m0/s1. The minimum atomic E-state index is -3.93. The predicted molar refractivity (Wildman–Crippen MR) is 109 cm³/mol. The van der Waals surface area contributed by atoms with Crippen LogP contribution in [0.2, 0.25) is 0 Å². The molecular weight excluding hydrogens is 458 g/mol. The van der Waals surface area contributed by atoms with Crippen molar-refractivity contribution in [2.24, 2.45) is 11.3 Å². The van der Waals surface area contributed by atoms with Gasteiger partial charge in [-0.25, -0.2) is 0 Å². The Bertz CT molecular complexity index is 986. The summed E-state index contributed by atoms with van der Waals surface area (Å²) in [7, 11) is 1.37. The normalized spacial score (nSPS) is 25.8. The molecule has 0 aromatic heterocycles. The lowest BCUT2D eigenvalue weighted by Crippen LogP contribution is -2.52. The Morgan fingerprint density at radius 1 is 0.933 bits per heavy atom. The molecule has 2 aromatic carbocycles. The van der Waals surface area contributed by atoms with Gasteiger partial charge in [-0.2, -0.15) is 8.78 Å². The van der Waals surface area contributed by atoms with E-state index in [0.717, 1.165) is 9.80 Å². The number of alkyl halides is 3. The van der Waals surface area contributed by atoms with Gasteiger partial charge in [-0.05, 0) is 34.0 Å². The summed E-state index contributed by atoms with van der Waals surface area (Å²) in [6, 6.07) is 17.1. The molecule has 2 aliphatic rings. The molecule has 0 bridgehead atoms. The summed E-state index contributed by atoms with van der Waals surface area (Å²) in [5.74, 6) is -4.69. The molecule has 2 saturated heterocycles. The first-order chi connectivity index (χ1) is 14.2. The van der Waals surface area contributed by atoms with E-state index in [1.165, 1.54) is 14.0 Å². The second-order valence-electron chi connectivity index (χ2n) is 7.49. The van der Waals surface area contributed by atoms with E-state index in [9.17, 15) is 14.4 Å². The monoisotopic (exact) mass is 476 g/mol. The molecule has 2 atom stereocenters. The Balaban J connectivity index is 2.16. The average molecular weight is 477 g/mol. The molecular formula is C22H19BrF2N2O3. The molecule has 2 heterocycles. The molecule has 0 radical (unpaired) electrons. The van der Waals surface area contributed by atoms with Gasteiger partial charge in [-0.1, -0.05) is 60.7 Å². The molecule has 4 rings (SSSR count). The van der Waals surface area contributed by atoms with Gasteiger partial charge in [-0.15, -0.1) is 0 Å². The largest absolute Gasteiger partial charge is 0.330 e. The number of rotatable bonds is 4. The molecule has 8 heteroatoms. The van der Waals surface area contributed by atoms with Crippen LogP contribution in [0.3, 0.4) is 0 Å². The van der Waals surface area contributed by atoms with Crippen LogP contribution in [0.1, 0.15) is 18.1 Å². The summed E-state index contributed by atoms with van der Waals surface area (Å²) in [5.41, 5.74) is -3.49. The Morgan fingerprint density at radius 2 is 1.40 bits per heavy atom. The lowest BCUT2D eigenvalue weighted by atomic mass is 9.66. The maximum absolute atomic E-state index is 15.2. The van der Waals surface area contributed by atoms with E-state index in [1.54, 1.807) is 60.7 Å². The van der Waals surface area contributed by atoms with E-state index in [-0.39, 0.29) is 6.54 Å². The number of hydrogen-bond donors (Lipinski definition) is 0. The number of carbonyl (C=O) groups excluding carboxylic acids is 3. The number of hydrogen-bond acceptors (Lipinski definition) is 3. The Hall–Kier alpha value is -2.61. The zero-order valence-electron chi connectivity index (χ0n) is 16.3. The Kier molecular flexibility index (Phi) is 4.61. The van der Waals surface area contributed by atoms with E-state index in [4.69, 9.17) is 0 Å². The van der Waals surface area contributed by atoms with Gasteiger partial charge in [0.05, 0.1) is 0 Å². The SMILES string of the molecule is CCN1C(=O)[C@@H]2C(c3ccccc3)(c3ccccc3)N(C)C(=O)[C@@]2(C(F)(F)Br)C1=O. The third kappa shape index (κ3) is 2.23. The molecule has 5 nitrogen and oxygen atoms in total. The number of halogens is 3. The molecule has 0 spiro atoms. The molecule has 2 fully saturated rings. The highest BCUT2D eigenvalue weighted by Crippen LogP contribution is 2.66. The first-order valence-electron chi connectivity index (χ1n) is 9.48. The van der Waals surface area contributed by atoms with Gasteiger partial charge in [0.2, 0.25) is 17.2 Å². The van der Waals surface area contributed by atoms with Crippen molar-refractivity contribution in [3.05, 3.63) is 71.8 Å². The fourth-order valence-corrected chi connectivity index (χ4v) is 5.65. The van der Waals surface area contributed by atoms with E-state index in [1.807, 2.05) is 0 Å². The highest BCUT2D eigenvalue weighted by molar-refractivity contribution is 9.10. The maximum atomic E-state index is 15.2. The highest BCUT2D eigenvalue weighted by Gasteiger charge is 2.85. The van der Waals surface area contributed by atoms with Crippen molar-refractivity contribution >= 4 is 33.7 Å². The van der Waals surface area contributed by atoms with Crippen LogP contribution in [0.25, 0.3) is 0 Å². The zero-order chi connectivity index (χ0) is 21.9. The number of carbonyl (C=O) groups is 3. The smallest absolute Gasteiger partial charge is 0.325 e. The van der Waals surface area contributed by atoms with Crippen LogP contribution in [-0.2, 0) is 19.9 Å². The summed E-state index contributed by atoms with van der Waals surface area (Å²) < 4.78 is 30.3.